The van der Waals surface area contributed by atoms with Gasteiger partial charge in [-0.25, -0.2) is 0 Å². The molecule has 0 saturated carbocycles. The molecule has 0 radical (unpaired) electrons. The van der Waals surface area contributed by atoms with E-state index in [4.69, 9.17) is 4.74 Å². The SMILES string of the molecule is CCCCNC(=NCC(C)N1CCOCC1)NCC. The summed E-state index contributed by atoms with van der Waals surface area (Å²) in [7, 11) is 0. The second-order valence-corrected chi connectivity index (χ2v) is 5.00. The zero-order chi connectivity index (χ0) is 13.9. The standard InChI is InChI=1S/C14H30N4O/c1-4-6-7-16-14(15-5-2)17-12-13(3)18-8-10-19-11-9-18/h13H,4-12H2,1-3H3,(H2,15,16,17). The molecular formula is C14H30N4O. The van der Waals surface area contributed by atoms with Crippen molar-refractivity contribution in [2.75, 3.05) is 45.9 Å². The molecule has 0 bridgehead atoms. The molecular weight excluding hydrogens is 240 g/mol. The monoisotopic (exact) mass is 270 g/mol. The zero-order valence-corrected chi connectivity index (χ0v) is 12.7. The van der Waals surface area contributed by atoms with Gasteiger partial charge in [-0.2, -0.15) is 0 Å². The molecule has 1 fully saturated rings. The topological polar surface area (TPSA) is 48.9 Å². The summed E-state index contributed by atoms with van der Waals surface area (Å²) in [6.07, 6.45) is 2.39. The number of aliphatic imine (C=N–C) groups is 1. The van der Waals surface area contributed by atoms with Gasteiger partial charge in [0.1, 0.15) is 0 Å². The number of hydrogen-bond donors (Lipinski definition) is 2. The van der Waals surface area contributed by atoms with Crippen LogP contribution in [-0.2, 0) is 4.74 Å². The van der Waals surface area contributed by atoms with Gasteiger partial charge in [0.15, 0.2) is 5.96 Å². The first-order valence-corrected chi connectivity index (χ1v) is 7.61. The Morgan fingerprint density at radius 3 is 2.63 bits per heavy atom. The quantitative estimate of drug-likeness (QED) is 0.413. The highest BCUT2D eigenvalue weighted by atomic mass is 16.5. The Morgan fingerprint density at radius 1 is 1.26 bits per heavy atom. The third kappa shape index (κ3) is 6.78. The summed E-state index contributed by atoms with van der Waals surface area (Å²) in [4.78, 5) is 7.12. The Hall–Kier alpha value is -0.810. The normalized spacial score (nSPS) is 19.2. The lowest BCUT2D eigenvalue weighted by Gasteiger charge is -2.31. The van der Waals surface area contributed by atoms with Gasteiger partial charge < -0.3 is 15.4 Å². The van der Waals surface area contributed by atoms with Gasteiger partial charge in [-0.1, -0.05) is 13.3 Å². The van der Waals surface area contributed by atoms with Gasteiger partial charge >= 0.3 is 0 Å². The number of guanidine groups is 1. The van der Waals surface area contributed by atoms with E-state index in [0.717, 1.165) is 51.9 Å². The average Bonchev–Trinajstić information content (AvgIpc) is 2.45. The molecule has 1 heterocycles. The molecule has 0 spiro atoms. The summed E-state index contributed by atoms with van der Waals surface area (Å²) in [6, 6.07) is 0.477. The van der Waals surface area contributed by atoms with Crippen LogP contribution in [0.2, 0.25) is 0 Å². The molecule has 0 amide bonds. The van der Waals surface area contributed by atoms with Crippen molar-refractivity contribution in [3.63, 3.8) is 0 Å². The van der Waals surface area contributed by atoms with E-state index < -0.39 is 0 Å². The molecule has 2 N–H and O–H groups in total. The Bertz CT molecular complexity index is 252. The molecule has 1 saturated heterocycles. The molecule has 0 aromatic heterocycles. The lowest BCUT2D eigenvalue weighted by molar-refractivity contribution is 0.0220. The number of nitrogens with one attached hydrogen (secondary N) is 2. The van der Waals surface area contributed by atoms with Gasteiger partial charge in [-0.15, -0.1) is 0 Å². The molecule has 112 valence electrons. The predicted molar refractivity (Wildman–Crippen MR) is 80.7 cm³/mol. The Labute approximate surface area is 117 Å². The van der Waals surface area contributed by atoms with Crippen LogP contribution in [0.15, 0.2) is 4.99 Å². The molecule has 5 nitrogen and oxygen atoms in total. The van der Waals surface area contributed by atoms with Crippen LogP contribution in [0.25, 0.3) is 0 Å². The van der Waals surface area contributed by atoms with Crippen molar-refractivity contribution in [1.29, 1.82) is 0 Å². The van der Waals surface area contributed by atoms with Crippen molar-refractivity contribution in [3.05, 3.63) is 0 Å². The summed E-state index contributed by atoms with van der Waals surface area (Å²) < 4.78 is 5.38. The van der Waals surface area contributed by atoms with E-state index >= 15 is 0 Å². The highest BCUT2D eigenvalue weighted by Crippen LogP contribution is 2.03. The number of hydrogen-bond acceptors (Lipinski definition) is 3. The van der Waals surface area contributed by atoms with Gasteiger partial charge in [-0.3, -0.25) is 9.89 Å². The Balaban J connectivity index is 2.34. The van der Waals surface area contributed by atoms with Gasteiger partial charge in [0.2, 0.25) is 0 Å². The molecule has 5 heteroatoms. The number of ether oxygens (including phenoxy) is 1. The lowest BCUT2D eigenvalue weighted by atomic mass is 10.2. The number of rotatable bonds is 7. The predicted octanol–water partition coefficient (Wildman–Crippen LogP) is 1.06. The van der Waals surface area contributed by atoms with Crippen LogP contribution in [-0.4, -0.2) is 62.8 Å². The van der Waals surface area contributed by atoms with E-state index in [-0.39, 0.29) is 0 Å². The van der Waals surface area contributed by atoms with Crippen LogP contribution in [0.3, 0.4) is 0 Å². The van der Waals surface area contributed by atoms with Crippen molar-refractivity contribution in [3.8, 4) is 0 Å². The molecule has 1 atom stereocenters. The first kappa shape index (κ1) is 16.2. The molecule has 1 unspecified atom stereocenters. The molecule has 19 heavy (non-hydrogen) atoms. The fourth-order valence-electron chi connectivity index (χ4n) is 2.08. The molecule has 1 aliphatic heterocycles. The molecule has 0 aliphatic carbocycles. The minimum atomic E-state index is 0.477. The van der Waals surface area contributed by atoms with Crippen molar-refractivity contribution in [2.45, 2.75) is 39.7 Å². The van der Waals surface area contributed by atoms with Gasteiger partial charge in [0, 0.05) is 32.2 Å². The van der Waals surface area contributed by atoms with E-state index in [0.29, 0.717) is 6.04 Å². The van der Waals surface area contributed by atoms with E-state index in [9.17, 15) is 0 Å². The first-order valence-electron chi connectivity index (χ1n) is 7.61. The number of morpholine rings is 1. The summed E-state index contributed by atoms with van der Waals surface area (Å²) in [5.74, 6) is 0.941. The highest BCUT2D eigenvalue weighted by Gasteiger charge is 2.16. The third-order valence-corrected chi connectivity index (χ3v) is 3.35. The maximum absolute atomic E-state index is 5.38. The largest absolute Gasteiger partial charge is 0.379 e. The molecule has 1 aliphatic rings. The number of nitrogens with zero attached hydrogens (tertiary/aromatic N) is 2. The van der Waals surface area contributed by atoms with Gasteiger partial charge in [0.25, 0.3) is 0 Å². The number of unbranched alkanes of at least 4 members (excludes halogenated alkanes) is 1. The van der Waals surface area contributed by atoms with E-state index in [2.05, 4.69) is 41.3 Å². The minimum Gasteiger partial charge on any atom is -0.379 e. The Kier molecular flexibility index (Phi) is 8.58. The second-order valence-electron chi connectivity index (χ2n) is 5.00. The first-order chi connectivity index (χ1) is 9.27. The van der Waals surface area contributed by atoms with E-state index in [1.807, 2.05) is 0 Å². The molecule has 1 rings (SSSR count). The van der Waals surface area contributed by atoms with Crippen LogP contribution in [0.5, 0.6) is 0 Å². The average molecular weight is 270 g/mol. The smallest absolute Gasteiger partial charge is 0.191 e. The Morgan fingerprint density at radius 2 is 2.00 bits per heavy atom. The molecule has 0 aromatic carbocycles. The maximum atomic E-state index is 5.38. The van der Waals surface area contributed by atoms with Crippen molar-refractivity contribution in [2.24, 2.45) is 4.99 Å². The van der Waals surface area contributed by atoms with E-state index in [1.54, 1.807) is 0 Å². The van der Waals surface area contributed by atoms with Crippen LogP contribution in [0.1, 0.15) is 33.6 Å². The fraction of sp³-hybridized carbons (Fsp3) is 0.929. The van der Waals surface area contributed by atoms with Crippen molar-refractivity contribution >= 4 is 5.96 Å². The summed E-state index contributed by atoms with van der Waals surface area (Å²) in [5.41, 5.74) is 0. The van der Waals surface area contributed by atoms with Crippen molar-refractivity contribution < 1.29 is 4.74 Å². The third-order valence-electron chi connectivity index (χ3n) is 3.35. The molecule has 0 aromatic rings. The zero-order valence-electron chi connectivity index (χ0n) is 12.7. The summed E-state index contributed by atoms with van der Waals surface area (Å²) in [5, 5.41) is 6.67. The minimum absolute atomic E-state index is 0.477. The van der Waals surface area contributed by atoms with Crippen molar-refractivity contribution in [1.82, 2.24) is 15.5 Å². The fourth-order valence-corrected chi connectivity index (χ4v) is 2.08. The summed E-state index contributed by atoms with van der Waals surface area (Å²) >= 11 is 0. The maximum Gasteiger partial charge on any atom is 0.191 e. The van der Waals surface area contributed by atoms with E-state index in [1.165, 1.54) is 12.8 Å². The van der Waals surface area contributed by atoms with Gasteiger partial charge in [0.05, 0.1) is 19.8 Å². The van der Waals surface area contributed by atoms with Crippen LogP contribution >= 0.6 is 0 Å². The lowest BCUT2D eigenvalue weighted by Crippen LogP contribution is -2.44. The van der Waals surface area contributed by atoms with Crippen LogP contribution < -0.4 is 10.6 Å². The van der Waals surface area contributed by atoms with Crippen LogP contribution in [0, 0.1) is 0 Å². The van der Waals surface area contributed by atoms with Gasteiger partial charge in [-0.05, 0) is 20.3 Å². The highest BCUT2D eigenvalue weighted by molar-refractivity contribution is 5.79. The second kappa shape index (κ2) is 10.0. The van der Waals surface area contributed by atoms with Crippen LogP contribution in [0.4, 0.5) is 0 Å². The summed E-state index contributed by atoms with van der Waals surface area (Å²) in [6.45, 7) is 13.0.